The molecule has 0 aliphatic carbocycles. The monoisotopic (exact) mass is 347 g/mol. The number of likely N-dealkylation sites (tertiary alicyclic amines) is 1. The van der Waals surface area contributed by atoms with E-state index < -0.39 is 0 Å². The number of carbonyl (C=O) groups is 1. The number of aromatic nitrogens is 2. The molecule has 1 saturated heterocycles. The van der Waals surface area contributed by atoms with Gasteiger partial charge < -0.3 is 9.64 Å². The molecule has 1 atom stereocenters. The number of carbonyl (C=O) groups excluding carboxylic acids is 1. The van der Waals surface area contributed by atoms with Gasteiger partial charge in [0.2, 0.25) is 5.91 Å². The Hall–Kier alpha value is -2.01. The lowest BCUT2D eigenvalue weighted by Crippen LogP contribution is -2.41. The van der Waals surface area contributed by atoms with Gasteiger partial charge in [-0.1, -0.05) is 29.8 Å². The fourth-order valence-electron chi connectivity index (χ4n) is 2.99. The second kappa shape index (κ2) is 8.20. The maximum atomic E-state index is 12.4. The van der Waals surface area contributed by atoms with Gasteiger partial charge in [-0.05, 0) is 25.0 Å². The van der Waals surface area contributed by atoms with E-state index >= 15 is 0 Å². The number of aryl methyl sites for hydroxylation is 1. The minimum atomic E-state index is 0.172. The lowest BCUT2D eigenvalue weighted by Gasteiger charge is -2.32. The van der Waals surface area contributed by atoms with Crippen molar-refractivity contribution in [3.05, 3.63) is 47.7 Å². The summed E-state index contributed by atoms with van der Waals surface area (Å²) in [6.45, 7) is 2.82. The lowest BCUT2D eigenvalue weighted by molar-refractivity contribution is -0.133. The van der Waals surface area contributed by atoms with Crippen LogP contribution in [0.5, 0.6) is 5.75 Å². The number of hydrogen-bond acceptors (Lipinski definition) is 3. The SMILES string of the molecule is O=C(CCn1cc(Cl)cn1)N1CCCC(COc2ccccc2)C1. The first-order chi connectivity index (χ1) is 11.7. The molecule has 2 heterocycles. The van der Waals surface area contributed by atoms with E-state index in [1.54, 1.807) is 17.1 Å². The zero-order valence-corrected chi connectivity index (χ0v) is 14.4. The number of para-hydroxylation sites is 1. The van der Waals surface area contributed by atoms with Gasteiger partial charge >= 0.3 is 0 Å². The Labute approximate surface area is 147 Å². The summed E-state index contributed by atoms with van der Waals surface area (Å²) in [7, 11) is 0. The molecule has 5 nitrogen and oxygen atoms in total. The molecule has 1 aliphatic heterocycles. The summed E-state index contributed by atoms with van der Waals surface area (Å²) in [5.74, 6) is 1.45. The Balaban J connectivity index is 1.45. The topological polar surface area (TPSA) is 47.4 Å². The Morgan fingerprint density at radius 3 is 2.92 bits per heavy atom. The third kappa shape index (κ3) is 4.74. The van der Waals surface area contributed by atoms with Gasteiger partial charge in [-0.25, -0.2) is 0 Å². The second-order valence-electron chi connectivity index (χ2n) is 6.14. The van der Waals surface area contributed by atoms with Gasteiger partial charge in [0.25, 0.3) is 0 Å². The average Bonchev–Trinajstić information content (AvgIpc) is 3.04. The van der Waals surface area contributed by atoms with Crippen molar-refractivity contribution in [1.82, 2.24) is 14.7 Å². The highest BCUT2D eigenvalue weighted by Gasteiger charge is 2.24. The maximum Gasteiger partial charge on any atom is 0.224 e. The van der Waals surface area contributed by atoms with Gasteiger partial charge in [0.1, 0.15) is 5.75 Å². The van der Waals surface area contributed by atoms with Gasteiger partial charge in [0, 0.05) is 38.2 Å². The molecular formula is C18H22ClN3O2. The van der Waals surface area contributed by atoms with Crippen LogP contribution >= 0.6 is 11.6 Å². The molecule has 2 aromatic rings. The van der Waals surface area contributed by atoms with E-state index in [0.717, 1.165) is 31.7 Å². The van der Waals surface area contributed by atoms with E-state index in [1.165, 1.54) is 0 Å². The number of halogens is 1. The van der Waals surface area contributed by atoms with Gasteiger partial charge in [0.05, 0.1) is 17.8 Å². The van der Waals surface area contributed by atoms with Gasteiger partial charge in [-0.2, -0.15) is 5.10 Å². The molecule has 24 heavy (non-hydrogen) atoms. The third-order valence-electron chi connectivity index (χ3n) is 4.26. The Kier molecular flexibility index (Phi) is 5.75. The molecule has 1 aromatic carbocycles. The minimum absolute atomic E-state index is 0.172. The van der Waals surface area contributed by atoms with Crippen LogP contribution in [0.1, 0.15) is 19.3 Å². The van der Waals surface area contributed by atoms with Crippen LogP contribution < -0.4 is 4.74 Å². The maximum absolute atomic E-state index is 12.4. The fraction of sp³-hybridized carbons (Fsp3) is 0.444. The van der Waals surface area contributed by atoms with Gasteiger partial charge in [-0.3, -0.25) is 9.48 Å². The average molecular weight is 348 g/mol. The van der Waals surface area contributed by atoms with E-state index in [1.807, 2.05) is 35.2 Å². The van der Waals surface area contributed by atoms with E-state index in [4.69, 9.17) is 16.3 Å². The summed E-state index contributed by atoms with van der Waals surface area (Å²) in [5.41, 5.74) is 0. The number of benzene rings is 1. The van der Waals surface area contributed by atoms with Crippen molar-refractivity contribution >= 4 is 17.5 Å². The highest BCUT2D eigenvalue weighted by atomic mass is 35.5. The molecular weight excluding hydrogens is 326 g/mol. The van der Waals surface area contributed by atoms with Crippen molar-refractivity contribution in [3.63, 3.8) is 0 Å². The first-order valence-electron chi connectivity index (χ1n) is 8.34. The van der Waals surface area contributed by atoms with Crippen LogP contribution in [0, 0.1) is 5.92 Å². The van der Waals surface area contributed by atoms with E-state index in [2.05, 4.69) is 5.10 Å². The molecule has 0 radical (unpaired) electrons. The predicted octanol–water partition coefficient (Wildman–Crippen LogP) is 3.24. The van der Waals surface area contributed by atoms with Crippen LogP contribution in [-0.2, 0) is 11.3 Å². The largest absolute Gasteiger partial charge is 0.493 e. The van der Waals surface area contributed by atoms with Crippen LogP contribution in [0.4, 0.5) is 0 Å². The molecule has 1 amide bonds. The molecule has 0 saturated carbocycles. The molecule has 6 heteroatoms. The van der Waals surface area contributed by atoms with Crippen molar-refractivity contribution in [2.24, 2.45) is 5.92 Å². The molecule has 1 aromatic heterocycles. The zero-order chi connectivity index (χ0) is 16.8. The first kappa shape index (κ1) is 16.8. The van der Waals surface area contributed by atoms with Crippen molar-refractivity contribution in [1.29, 1.82) is 0 Å². The molecule has 1 unspecified atom stereocenters. The zero-order valence-electron chi connectivity index (χ0n) is 13.6. The minimum Gasteiger partial charge on any atom is -0.493 e. The smallest absolute Gasteiger partial charge is 0.224 e. The molecule has 0 bridgehead atoms. The number of rotatable bonds is 6. The summed E-state index contributed by atoms with van der Waals surface area (Å²) in [5, 5.41) is 4.70. The van der Waals surface area contributed by atoms with Crippen LogP contribution in [0.3, 0.4) is 0 Å². The number of piperidine rings is 1. The summed E-state index contributed by atoms with van der Waals surface area (Å²) >= 11 is 5.84. The van der Waals surface area contributed by atoms with Gasteiger partial charge in [0.15, 0.2) is 0 Å². The Bertz CT molecular complexity index is 659. The van der Waals surface area contributed by atoms with E-state index in [-0.39, 0.29) is 5.91 Å². The number of hydrogen-bond donors (Lipinski definition) is 0. The number of amides is 1. The normalized spacial score (nSPS) is 17.7. The lowest BCUT2D eigenvalue weighted by atomic mass is 9.98. The van der Waals surface area contributed by atoms with Crippen LogP contribution in [0.2, 0.25) is 5.02 Å². The summed E-state index contributed by atoms with van der Waals surface area (Å²) in [4.78, 5) is 14.4. The first-order valence-corrected chi connectivity index (χ1v) is 8.72. The summed E-state index contributed by atoms with van der Waals surface area (Å²) < 4.78 is 7.55. The molecule has 1 aliphatic rings. The van der Waals surface area contributed by atoms with Crippen molar-refractivity contribution in [2.75, 3.05) is 19.7 Å². The highest BCUT2D eigenvalue weighted by molar-refractivity contribution is 6.30. The molecule has 0 N–H and O–H groups in total. The van der Waals surface area contributed by atoms with Crippen LogP contribution in [-0.4, -0.2) is 40.3 Å². The third-order valence-corrected chi connectivity index (χ3v) is 4.45. The number of ether oxygens (including phenoxy) is 1. The van der Waals surface area contributed by atoms with Crippen LogP contribution in [0.25, 0.3) is 0 Å². The highest BCUT2D eigenvalue weighted by Crippen LogP contribution is 2.19. The van der Waals surface area contributed by atoms with Crippen molar-refractivity contribution in [2.45, 2.75) is 25.8 Å². The number of nitrogens with zero attached hydrogens (tertiary/aromatic N) is 3. The molecule has 3 rings (SSSR count). The van der Waals surface area contributed by atoms with E-state index in [0.29, 0.717) is 30.5 Å². The van der Waals surface area contributed by atoms with Crippen molar-refractivity contribution in [3.8, 4) is 5.75 Å². The Morgan fingerprint density at radius 1 is 1.33 bits per heavy atom. The standard InChI is InChI=1S/C18H22ClN3O2/c19-16-11-20-22(13-16)10-8-18(23)21-9-4-5-15(12-21)14-24-17-6-2-1-3-7-17/h1-3,6-7,11,13,15H,4-5,8-10,12,14H2. The summed E-state index contributed by atoms with van der Waals surface area (Å²) in [6.07, 6.45) is 5.91. The van der Waals surface area contributed by atoms with E-state index in [9.17, 15) is 4.79 Å². The fourth-order valence-corrected chi connectivity index (χ4v) is 3.14. The second-order valence-corrected chi connectivity index (χ2v) is 6.58. The quantitative estimate of drug-likeness (QED) is 0.806. The van der Waals surface area contributed by atoms with Gasteiger partial charge in [-0.15, -0.1) is 0 Å². The molecule has 128 valence electrons. The summed E-state index contributed by atoms with van der Waals surface area (Å²) in [6, 6.07) is 9.82. The Morgan fingerprint density at radius 2 is 2.17 bits per heavy atom. The molecule has 1 fully saturated rings. The molecule has 0 spiro atoms. The van der Waals surface area contributed by atoms with Crippen molar-refractivity contribution < 1.29 is 9.53 Å². The predicted molar refractivity (Wildman–Crippen MR) is 93.1 cm³/mol. The van der Waals surface area contributed by atoms with Crippen LogP contribution in [0.15, 0.2) is 42.7 Å².